The Hall–Kier alpha value is -1.57. The molecular formula is C16H17ClN4O2S. The van der Waals surface area contributed by atoms with Crippen LogP contribution in [-0.2, 0) is 16.1 Å². The first-order valence-electron chi connectivity index (χ1n) is 7.87. The monoisotopic (exact) mass is 364 g/mol. The van der Waals surface area contributed by atoms with E-state index in [-0.39, 0.29) is 18.1 Å². The number of amides is 1. The van der Waals surface area contributed by atoms with Gasteiger partial charge in [0.25, 0.3) is 0 Å². The molecule has 2 aliphatic heterocycles. The first-order chi connectivity index (χ1) is 11.7. The third-order valence-electron chi connectivity index (χ3n) is 4.46. The maximum atomic E-state index is 12.6. The molecule has 1 aromatic carbocycles. The highest BCUT2D eigenvalue weighted by molar-refractivity contribution is 8.00. The van der Waals surface area contributed by atoms with E-state index in [0.717, 1.165) is 23.6 Å². The molecular weight excluding hydrogens is 348 g/mol. The molecule has 24 heavy (non-hydrogen) atoms. The standard InChI is InChI=1S/C16H17ClN4O2S/c17-11-1-3-13(4-2-11)24-10-16(22)20-6-5-15-14(8-20)21-12(9-23-15)7-18-19-21/h1-4,7,14-15H,5-6,8-10H2. The summed E-state index contributed by atoms with van der Waals surface area (Å²) in [6, 6.07) is 7.61. The summed E-state index contributed by atoms with van der Waals surface area (Å²) < 4.78 is 7.80. The molecule has 0 N–H and O–H groups in total. The number of fused-ring (bicyclic) bond motifs is 3. The molecule has 1 amide bonds. The fourth-order valence-electron chi connectivity index (χ4n) is 3.17. The number of benzene rings is 1. The summed E-state index contributed by atoms with van der Waals surface area (Å²) in [5.41, 5.74) is 0.973. The minimum absolute atomic E-state index is 0.0643. The van der Waals surface area contributed by atoms with Gasteiger partial charge in [0.1, 0.15) is 0 Å². The van der Waals surface area contributed by atoms with Gasteiger partial charge < -0.3 is 9.64 Å². The van der Waals surface area contributed by atoms with Gasteiger partial charge in [-0.25, -0.2) is 4.68 Å². The van der Waals surface area contributed by atoms with Crippen LogP contribution in [0, 0.1) is 0 Å². The molecule has 0 saturated carbocycles. The average Bonchev–Trinajstić information content (AvgIpc) is 3.09. The molecule has 1 aromatic heterocycles. The van der Waals surface area contributed by atoms with Crippen molar-refractivity contribution in [1.29, 1.82) is 0 Å². The van der Waals surface area contributed by atoms with Gasteiger partial charge in [0.2, 0.25) is 5.91 Å². The van der Waals surface area contributed by atoms with Gasteiger partial charge in [0.15, 0.2) is 0 Å². The van der Waals surface area contributed by atoms with Crippen LogP contribution in [0.2, 0.25) is 5.02 Å². The van der Waals surface area contributed by atoms with Crippen LogP contribution in [0.3, 0.4) is 0 Å². The van der Waals surface area contributed by atoms with Crippen molar-refractivity contribution >= 4 is 29.3 Å². The van der Waals surface area contributed by atoms with Crippen molar-refractivity contribution in [2.75, 3.05) is 18.8 Å². The second kappa shape index (κ2) is 6.74. The average molecular weight is 365 g/mol. The fraction of sp³-hybridized carbons (Fsp3) is 0.438. The Balaban J connectivity index is 1.39. The predicted octanol–water partition coefficient (Wildman–Crippen LogP) is 2.40. The van der Waals surface area contributed by atoms with E-state index in [9.17, 15) is 4.79 Å². The molecule has 2 aromatic rings. The lowest BCUT2D eigenvalue weighted by molar-refractivity contribution is -0.135. The molecule has 1 saturated heterocycles. The molecule has 126 valence electrons. The van der Waals surface area contributed by atoms with Crippen molar-refractivity contribution in [2.45, 2.75) is 30.1 Å². The molecule has 0 bridgehead atoms. The number of halogens is 1. The first-order valence-corrected chi connectivity index (χ1v) is 9.24. The Labute approximate surface area is 149 Å². The lowest BCUT2D eigenvalue weighted by Crippen LogP contribution is -2.50. The predicted molar refractivity (Wildman–Crippen MR) is 91.0 cm³/mol. The van der Waals surface area contributed by atoms with Crippen LogP contribution in [0.25, 0.3) is 0 Å². The molecule has 0 aliphatic carbocycles. The summed E-state index contributed by atoms with van der Waals surface area (Å²) in [7, 11) is 0. The minimum atomic E-state index is 0.0643. The van der Waals surface area contributed by atoms with Crippen LogP contribution in [0.4, 0.5) is 0 Å². The van der Waals surface area contributed by atoms with Gasteiger partial charge in [0.05, 0.1) is 36.4 Å². The molecule has 4 rings (SSSR count). The van der Waals surface area contributed by atoms with E-state index < -0.39 is 0 Å². The summed E-state index contributed by atoms with van der Waals surface area (Å²) in [6.45, 7) is 1.90. The lowest BCUT2D eigenvalue weighted by atomic mass is 10.0. The molecule has 1 fully saturated rings. The number of hydrogen-bond acceptors (Lipinski definition) is 5. The van der Waals surface area contributed by atoms with Crippen LogP contribution < -0.4 is 0 Å². The largest absolute Gasteiger partial charge is 0.370 e. The first kappa shape index (κ1) is 15.9. The number of piperidine rings is 1. The highest BCUT2D eigenvalue weighted by Gasteiger charge is 2.37. The molecule has 2 aliphatic rings. The Kier molecular flexibility index (Phi) is 4.47. The zero-order valence-electron chi connectivity index (χ0n) is 13.0. The quantitative estimate of drug-likeness (QED) is 0.783. The number of hydrogen-bond donors (Lipinski definition) is 0. The molecule has 0 radical (unpaired) electrons. The summed E-state index contributed by atoms with van der Waals surface area (Å²) >= 11 is 7.41. The minimum Gasteiger partial charge on any atom is -0.370 e. The third kappa shape index (κ3) is 3.16. The number of carbonyl (C=O) groups excluding carboxylic acids is 1. The van der Waals surface area contributed by atoms with Crippen molar-refractivity contribution in [3.63, 3.8) is 0 Å². The van der Waals surface area contributed by atoms with Crippen molar-refractivity contribution in [2.24, 2.45) is 0 Å². The van der Waals surface area contributed by atoms with Gasteiger partial charge in [-0.1, -0.05) is 16.8 Å². The maximum absolute atomic E-state index is 12.6. The molecule has 2 atom stereocenters. The van der Waals surface area contributed by atoms with Gasteiger partial charge in [-0.05, 0) is 30.7 Å². The van der Waals surface area contributed by atoms with Gasteiger partial charge in [0, 0.05) is 23.0 Å². The molecule has 6 nitrogen and oxygen atoms in total. The topological polar surface area (TPSA) is 60.3 Å². The molecule has 2 unspecified atom stereocenters. The number of aromatic nitrogens is 3. The van der Waals surface area contributed by atoms with Crippen LogP contribution in [0.5, 0.6) is 0 Å². The number of ether oxygens (including phenoxy) is 1. The van der Waals surface area contributed by atoms with Gasteiger partial charge in [-0.15, -0.1) is 16.9 Å². The highest BCUT2D eigenvalue weighted by atomic mass is 35.5. The normalized spacial score (nSPS) is 22.8. The van der Waals surface area contributed by atoms with E-state index in [4.69, 9.17) is 16.3 Å². The van der Waals surface area contributed by atoms with Crippen LogP contribution in [-0.4, -0.2) is 50.7 Å². The Morgan fingerprint density at radius 1 is 1.38 bits per heavy atom. The fourth-order valence-corrected chi connectivity index (χ4v) is 4.10. The zero-order chi connectivity index (χ0) is 16.5. The second-order valence-electron chi connectivity index (χ2n) is 5.96. The van der Waals surface area contributed by atoms with Gasteiger partial charge >= 0.3 is 0 Å². The van der Waals surface area contributed by atoms with Crippen LogP contribution >= 0.6 is 23.4 Å². The highest BCUT2D eigenvalue weighted by Crippen LogP contribution is 2.30. The number of nitrogens with zero attached hydrogens (tertiary/aromatic N) is 4. The van der Waals surface area contributed by atoms with Crippen molar-refractivity contribution in [3.05, 3.63) is 41.2 Å². The van der Waals surface area contributed by atoms with E-state index in [0.29, 0.717) is 23.9 Å². The Morgan fingerprint density at radius 2 is 2.21 bits per heavy atom. The van der Waals surface area contributed by atoms with E-state index in [1.165, 1.54) is 11.8 Å². The number of carbonyl (C=O) groups is 1. The van der Waals surface area contributed by atoms with Crippen molar-refractivity contribution in [3.8, 4) is 0 Å². The SMILES string of the molecule is O=C(CSc1ccc(Cl)cc1)N1CCC2OCc3cnnn3C2C1. The van der Waals surface area contributed by atoms with E-state index >= 15 is 0 Å². The second-order valence-corrected chi connectivity index (χ2v) is 7.44. The molecule has 8 heteroatoms. The Morgan fingerprint density at radius 3 is 3.04 bits per heavy atom. The lowest BCUT2D eigenvalue weighted by Gasteiger charge is -2.41. The number of rotatable bonds is 3. The molecule has 3 heterocycles. The van der Waals surface area contributed by atoms with E-state index in [1.807, 2.05) is 33.8 Å². The summed E-state index contributed by atoms with van der Waals surface area (Å²) in [5.74, 6) is 0.560. The van der Waals surface area contributed by atoms with Crippen LogP contribution in [0.1, 0.15) is 18.2 Å². The van der Waals surface area contributed by atoms with Crippen molar-refractivity contribution in [1.82, 2.24) is 19.9 Å². The molecule has 0 spiro atoms. The number of thioether (sulfide) groups is 1. The van der Waals surface area contributed by atoms with E-state index in [1.54, 1.807) is 6.20 Å². The zero-order valence-corrected chi connectivity index (χ0v) is 14.5. The summed E-state index contributed by atoms with van der Waals surface area (Å²) in [5, 5.41) is 8.83. The third-order valence-corrected chi connectivity index (χ3v) is 5.71. The smallest absolute Gasteiger partial charge is 0.233 e. The Bertz CT molecular complexity index is 736. The van der Waals surface area contributed by atoms with Crippen LogP contribution in [0.15, 0.2) is 35.4 Å². The summed E-state index contributed by atoms with van der Waals surface area (Å²) in [6.07, 6.45) is 2.68. The summed E-state index contributed by atoms with van der Waals surface area (Å²) in [4.78, 5) is 15.5. The van der Waals surface area contributed by atoms with Crippen molar-refractivity contribution < 1.29 is 9.53 Å². The maximum Gasteiger partial charge on any atom is 0.233 e. The van der Waals surface area contributed by atoms with Gasteiger partial charge in [-0.3, -0.25) is 4.79 Å². The van der Waals surface area contributed by atoms with Gasteiger partial charge in [-0.2, -0.15) is 0 Å². The van der Waals surface area contributed by atoms with E-state index in [2.05, 4.69) is 10.3 Å². The number of likely N-dealkylation sites (tertiary alicyclic amines) is 1.